The van der Waals surface area contributed by atoms with Gasteiger partial charge < -0.3 is 14.6 Å². The Bertz CT molecular complexity index is 602. The molecule has 0 unspecified atom stereocenters. The van der Waals surface area contributed by atoms with E-state index in [1.165, 1.54) is 0 Å². The second-order valence-electron chi connectivity index (χ2n) is 4.60. The number of furan rings is 1. The molecule has 3 rings (SSSR count). The molecule has 1 aliphatic heterocycles. The van der Waals surface area contributed by atoms with Gasteiger partial charge in [-0.15, -0.1) is 0 Å². The number of thiocarbonyl (C=S) groups is 1. The molecule has 1 aromatic carbocycles. The number of nitrogens with zero attached hydrogens (tertiary/aromatic N) is 2. The van der Waals surface area contributed by atoms with Crippen molar-refractivity contribution >= 4 is 34.6 Å². The van der Waals surface area contributed by atoms with E-state index in [1.807, 2.05) is 41.3 Å². The number of benzene rings is 1. The fourth-order valence-corrected chi connectivity index (χ4v) is 2.57. The van der Waals surface area contributed by atoms with Crippen LogP contribution in [0.3, 0.4) is 0 Å². The molecule has 1 saturated heterocycles. The Labute approximate surface area is 127 Å². The van der Waals surface area contributed by atoms with Crippen molar-refractivity contribution in [1.29, 1.82) is 0 Å². The van der Waals surface area contributed by atoms with Gasteiger partial charge >= 0.3 is 0 Å². The lowest BCUT2D eigenvalue weighted by Gasteiger charge is -2.37. The van der Waals surface area contributed by atoms with Gasteiger partial charge in [-0.2, -0.15) is 0 Å². The van der Waals surface area contributed by atoms with E-state index in [1.54, 1.807) is 6.26 Å². The van der Waals surface area contributed by atoms with Crippen molar-refractivity contribution in [3.05, 3.63) is 53.4 Å². The Morgan fingerprint density at radius 1 is 1.30 bits per heavy atom. The SMILES string of the molecule is S=C1NCN(Cc2ccco2)CN1c1cccc(Cl)c1. The summed E-state index contributed by atoms with van der Waals surface area (Å²) in [7, 11) is 0. The number of rotatable bonds is 3. The fraction of sp³-hybridized carbons (Fsp3) is 0.214. The van der Waals surface area contributed by atoms with Crippen molar-refractivity contribution in [3.8, 4) is 0 Å². The summed E-state index contributed by atoms with van der Waals surface area (Å²) in [6.45, 7) is 2.14. The lowest BCUT2D eigenvalue weighted by molar-refractivity contribution is 0.232. The summed E-state index contributed by atoms with van der Waals surface area (Å²) in [6.07, 6.45) is 1.69. The van der Waals surface area contributed by atoms with Crippen molar-refractivity contribution in [1.82, 2.24) is 10.2 Å². The summed E-state index contributed by atoms with van der Waals surface area (Å²) < 4.78 is 5.38. The van der Waals surface area contributed by atoms with Crippen molar-refractivity contribution in [3.63, 3.8) is 0 Å². The van der Waals surface area contributed by atoms with Crippen molar-refractivity contribution in [2.24, 2.45) is 0 Å². The predicted molar refractivity (Wildman–Crippen MR) is 83.6 cm³/mol. The van der Waals surface area contributed by atoms with E-state index >= 15 is 0 Å². The first-order valence-electron chi connectivity index (χ1n) is 6.28. The highest BCUT2D eigenvalue weighted by Crippen LogP contribution is 2.21. The molecule has 0 spiro atoms. The molecule has 0 atom stereocenters. The molecular weight excluding hydrogens is 294 g/mol. The molecule has 1 aliphatic rings. The van der Waals surface area contributed by atoms with E-state index in [9.17, 15) is 0 Å². The Morgan fingerprint density at radius 3 is 2.95 bits per heavy atom. The van der Waals surface area contributed by atoms with E-state index in [-0.39, 0.29) is 0 Å². The third kappa shape index (κ3) is 2.95. The van der Waals surface area contributed by atoms with Crippen molar-refractivity contribution in [2.45, 2.75) is 6.54 Å². The van der Waals surface area contributed by atoms with Gasteiger partial charge in [0.1, 0.15) is 5.76 Å². The summed E-state index contributed by atoms with van der Waals surface area (Å²) in [5.41, 5.74) is 0.985. The number of halogens is 1. The van der Waals surface area contributed by atoms with Gasteiger partial charge in [0, 0.05) is 10.7 Å². The monoisotopic (exact) mass is 307 g/mol. The third-order valence-corrected chi connectivity index (χ3v) is 3.72. The first-order chi connectivity index (χ1) is 9.72. The zero-order chi connectivity index (χ0) is 13.9. The third-order valence-electron chi connectivity index (χ3n) is 3.12. The van der Waals surface area contributed by atoms with Crippen LogP contribution in [-0.2, 0) is 6.54 Å². The zero-order valence-electron chi connectivity index (χ0n) is 10.8. The minimum Gasteiger partial charge on any atom is -0.468 e. The lowest BCUT2D eigenvalue weighted by Crippen LogP contribution is -2.55. The van der Waals surface area contributed by atoms with Crippen LogP contribution in [0.15, 0.2) is 47.1 Å². The van der Waals surface area contributed by atoms with Gasteiger partial charge in [0.25, 0.3) is 0 Å². The number of hydrogen-bond acceptors (Lipinski definition) is 3. The summed E-state index contributed by atoms with van der Waals surface area (Å²) >= 11 is 11.4. The van der Waals surface area contributed by atoms with E-state index < -0.39 is 0 Å². The highest BCUT2D eigenvalue weighted by Gasteiger charge is 2.22. The highest BCUT2D eigenvalue weighted by atomic mass is 35.5. The Hall–Kier alpha value is -1.56. The molecular formula is C14H14ClN3OS. The summed E-state index contributed by atoms with van der Waals surface area (Å²) in [5.74, 6) is 0.936. The van der Waals surface area contributed by atoms with Crippen molar-refractivity contribution in [2.75, 3.05) is 18.2 Å². The second-order valence-corrected chi connectivity index (χ2v) is 5.42. The van der Waals surface area contributed by atoms with Crippen LogP contribution >= 0.6 is 23.8 Å². The first kappa shape index (κ1) is 13.4. The molecule has 2 aromatic rings. The van der Waals surface area contributed by atoms with Crippen LogP contribution in [0.4, 0.5) is 5.69 Å². The molecule has 1 fully saturated rings. The second kappa shape index (κ2) is 5.83. The van der Waals surface area contributed by atoms with Crippen LogP contribution in [0.5, 0.6) is 0 Å². The quantitative estimate of drug-likeness (QED) is 0.881. The van der Waals surface area contributed by atoms with Crippen LogP contribution in [0, 0.1) is 0 Å². The molecule has 0 radical (unpaired) electrons. The maximum absolute atomic E-state index is 6.04. The van der Waals surface area contributed by atoms with E-state index in [4.69, 9.17) is 28.2 Å². The van der Waals surface area contributed by atoms with Crippen LogP contribution in [-0.4, -0.2) is 23.3 Å². The number of hydrogen-bond donors (Lipinski definition) is 1. The van der Waals surface area contributed by atoms with Gasteiger partial charge in [-0.1, -0.05) is 17.7 Å². The maximum Gasteiger partial charge on any atom is 0.175 e. The minimum absolute atomic E-state index is 0.701. The van der Waals surface area contributed by atoms with Gasteiger partial charge in [-0.3, -0.25) is 4.90 Å². The molecule has 104 valence electrons. The van der Waals surface area contributed by atoms with Crippen molar-refractivity contribution < 1.29 is 4.42 Å². The molecule has 2 heterocycles. The maximum atomic E-state index is 6.04. The van der Waals surface area contributed by atoms with Crippen LogP contribution < -0.4 is 10.2 Å². The van der Waals surface area contributed by atoms with Gasteiger partial charge in [-0.25, -0.2) is 0 Å². The molecule has 4 nitrogen and oxygen atoms in total. The first-order valence-corrected chi connectivity index (χ1v) is 7.07. The van der Waals surface area contributed by atoms with Gasteiger partial charge in [-0.05, 0) is 42.5 Å². The lowest BCUT2D eigenvalue weighted by atomic mass is 10.3. The fourth-order valence-electron chi connectivity index (χ4n) is 2.16. The Morgan fingerprint density at radius 2 is 2.20 bits per heavy atom. The van der Waals surface area contributed by atoms with Crippen LogP contribution in [0.25, 0.3) is 0 Å². The molecule has 0 amide bonds. The van der Waals surface area contributed by atoms with E-state index in [0.717, 1.165) is 18.0 Å². The van der Waals surface area contributed by atoms with Crippen LogP contribution in [0.2, 0.25) is 5.02 Å². The van der Waals surface area contributed by atoms with Gasteiger partial charge in [0.05, 0.1) is 26.1 Å². The zero-order valence-corrected chi connectivity index (χ0v) is 12.3. The minimum atomic E-state index is 0.701. The van der Waals surface area contributed by atoms with E-state index in [0.29, 0.717) is 23.5 Å². The van der Waals surface area contributed by atoms with Gasteiger partial charge in [0.15, 0.2) is 5.11 Å². The molecule has 0 saturated carbocycles. The normalized spacial score (nSPS) is 16.2. The van der Waals surface area contributed by atoms with Crippen LogP contribution in [0.1, 0.15) is 5.76 Å². The molecule has 20 heavy (non-hydrogen) atoms. The highest BCUT2D eigenvalue weighted by molar-refractivity contribution is 7.80. The topological polar surface area (TPSA) is 31.6 Å². The summed E-state index contributed by atoms with van der Waals surface area (Å²) in [4.78, 5) is 4.23. The molecule has 1 N–H and O–H groups in total. The summed E-state index contributed by atoms with van der Waals surface area (Å²) in [5, 5.41) is 4.62. The average molecular weight is 308 g/mol. The van der Waals surface area contributed by atoms with Gasteiger partial charge in [0.2, 0.25) is 0 Å². The molecule has 6 heteroatoms. The number of nitrogens with one attached hydrogen (secondary N) is 1. The summed E-state index contributed by atoms with van der Waals surface area (Å²) in [6, 6.07) is 11.5. The Balaban J connectivity index is 1.75. The Kier molecular flexibility index (Phi) is 3.91. The number of anilines is 1. The average Bonchev–Trinajstić information content (AvgIpc) is 2.94. The molecule has 0 aliphatic carbocycles. The van der Waals surface area contributed by atoms with E-state index in [2.05, 4.69) is 10.2 Å². The predicted octanol–water partition coefficient (Wildman–Crippen LogP) is 3.04. The standard InChI is InChI=1S/C14H14ClN3OS/c15-11-3-1-4-12(7-11)18-10-17(9-16-14(18)20)8-13-5-2-6-19-13/h1-7H,8-10H2,(H,16,20). The smallest absolute Gasteiger partial charge is 0.175 e. The molecule has 0 bridgehead atoms. The molecule has 1 aromatic heterocycles. The largest absolute Gasteiger partial charge is 0.468 e.